The first-order valence-electron chi connectivity index (χ1n) is 8.19. The predicted molar refractivity (Wildman–Crippen MR) is 91.1 cm³/mol. The van der Waals surface area contributed by atoms with Crippen LogP contribution in [0.2, 0.25) is 12.1 Å². The van der Waals surface area contributed by atoms with Crippen molar-refractivity contribution in [1.82, 2.24) is 14.7 Å². The van der Waals surface area contributed by atoms with Crippen LogP contribution < -0.4 is 0 Å². The van der Waals surface area contributed by atoms with Crippen LogP contribution in [0, 0.1) is 0 Å². The van der Waals surface area contributed by atoms with E-state index in [0.717, 1.165) is 51.5 Å². The lowest BCUT2D eigenvalue weighted by Crippen LogP contribution is -2.48. The van der Waals surface area contributed by atoms with E-state index in [9.17, 15) is 0 Å². The molecular formula is C15H35N3O2Si. The molecule has 126 valence electrons. The summed E-state index contributed by atoms with van der Waals surface area (Å²) < 4.78 is 12.7. The molecule has 1 aliphatic rings. The molecule has 0 aromatic rings. The van der Waals surface area contributed by atoms with E-state index in [-0.39, 0.29) is 0 Å². The Balaban J connectivity index is 2.53. The summed E-state index contributed by atoms with van der Waals surface area (Å²) in [5.41, 5.74) is 0. The summed E-state index contributed by atoms with van der Waals surface area (Å²) >= 11 is 0. The number of nitrogens with zero attached hydrogens (tertiary/aromatic N) is 3. The molecule has 0 saturated carbocycles. The second kappa shape index (κ2) is 9.92. The van der Waals surface area contributed by atoms with Crippen molar-refractivity contribution in [3.8, 4) is 0 Å². The quantitative estimate of drug-likeness (QED) is 0.630. The van der Waals surface area contributed by atoms with E-state index in [2.05, 4.69) is 49.9 Å². The molecule has 6 heteroatoms. The van der Waals surface area contributed by atoms with Gasteiger partial charge in [0.2, 0.25) is 0 Å². The van der Waals surface area contributed by atoms with Gasteiger partial charge in [0, 0.05) is 26.3 Å². The molecule has 0 unspecified atom stereocenters. The van der Waals surface area contributed by atoms with E-state index in [0.29, 0.717) is 0 Å². The summed E-state index contributed by atoms with van der Waals surface area (Å²) in [7, 11) is 8.67. The molecular weight excluding hydrogens is 282 g/mol. The van der Waals surface area contributed by atoms with E-state index < -0.39 is 8.56 Å². The first-order valence-corrected chi connectivity index (χ1v) is 10.4. The number of rotatable bonds is 8. The van der Waals surface area contributed by atoms with Crippen LogP contribution >= 0.6 is 0 Å². The molecule has 1 aliphatic heterocycles. The molecule has 0 aromatic carbocycles. The molecule has 0 atom stereocenters. The fourth-order valence-corrected chi connectivity index (χ4v) is 5.90. The molecule has 1 heterocycles. The lowest BCUT2D eigenvalue weighted by Gasteiger charge is -2.35. The summed E-state index contributed by atoms with van der Waals surface area (Å²) in [6.07, 6.45) is 2.36. The topological polar surface area (TPSA) is 28.2 Å². The van der Waals surface area contributed by atoms with Crippen molar-refractivity contribution < 1.29 is 8.85 Å². The van der Waals surface area contributed by atoms with Gasteiger partial charge in [-0.1, -0.05) is 0 Å². The Morgan fingerprint density at radius 2 is 1.29 bits per heavy atom. The van der Waals surface area contributed by atoms with Gasteiger partial charge in [0.05, 0.1) is 0 Å². The molecule has 5 nitrogen and oxygen atoms in total. The molecule has 1 rings (SSSR count). The van der Waals surface area contributed by atoms with E-state index in [1.807, 2.05) is 0 Å². The van der Waals surface area contributed by atoms with E-state index >= 15 is 0 Å². The minimum atomic E-state index is -2.01. The van der Waals surface area contributed by atoms with Gasteiger partial charge in [0.15, 0.2) is 0 Å². The van der Waals surface area contributed by atoms with Crippen LogP contribution in [0.3, 0.4) is 0 Å². The van der Waals surface area contributed by atoms with Crippen molar-refractivity contribution in [3.63, 3.8) is 0 Å². The van der Waals surface area contributed by atoms with Crippen molar-refractivity contribution in [3.05, 3.63) is 0 Å². The fraction of sp³-hybridized carbons (Fsp3) is 1.00. The van der Waals surface area contributed by atoms with Crippen LogP contribution in [0.25, 0.3) is 0 Å². The van der Waals surface area contributed by atoms with Gasteiger partial charge < -0.3 is 23.6 Å². The van der Waals surface area contributed by atoms with E-state index in [1.54, 1.807) is 0 Å². The van der Waals surface area contributed by atoms with Crippen LogP contribution in [-0.2, 0) is 8.85 Å². The zero-order valence-electron chi connectivity index (χ0n) is 14.7. The third-order valence-corrected chi connectivity index (χ3v) is 7.69. The molecule has 0 aromatic heterocycles. The van der Waals surface area contributed by atoms with Crippen LogP contribution in [0.5, 0.6) is 0 Å². The summed E-state index contributed by atoms with van der Waals surface area (Å²) in [5.74, 6) is 0. The first-order chi connectivity index (χ1) is 9.93. The van der Waals surface area contributed by atoms with Crippen molar-refractivity contribution in [1.29, 1.82) is 0 Å². The van der Waals surface area contributed by atoms with Crippen LogP contribution in [-0.4, -0.2) is 97.9 Å². The van der Waals surface area contributed by atoms with Crippen molar-refractivity contribution >= 4 is 8.56 Å². The Kier molecular flexibility index (Phi) is 9.00. The van der Waals surface area contributed by atoms with E-state index in [1.165, 1.54) is 12.8 Å². The average Bonchev–Trinajstić information content (AvgIpc) is 2.35. The van der Waals surface area contributed by atoms with Crippen molar-refractivity contribution in [2.75, 3.05) is 74.6 Å². The normalized spacial score (nSPS) is 20.7. The maximum Gasteiger partial charge on any atom is 0.338 e. The second-order valence-corrected chi connectivity index (χ2v) is 10.1. The maximum absolute atomic E-state index is 6.34. The fourth-order valence-electron chi connectivity index (χ4n) is 2.67. The highest BCUT2D eigenvalue weighted by molar-refractivity contribution is 6.67. The number of hydrogen-bond donors (Lipinski definition) is 0. The number of likely N-dealkylation sites (N-methyl/N-ethyl adjacent to an activating group) is 1. The molecule has 0 spiro atoms. The maximum atomic E-state index is 6.34. The zero-order valence-corrected chi connectivity index (χ0v) is 15.7. The molecule has 0 bridgehead atoms. The zero-order chi connectivity index (χ0) is 15.7. The smallest absolute Gasteiger partial charge is 0.338 e. The third kappa shape index (κ3) is 8.28. The average molecular weight is 318 g/mol. The summed E-state index contributed by atoms with van der Waals surface area (Å²) in [6, 6.07) is 2.25. The van der Waals surface area contributed by atoms with Gasteiger partial charge in [-0.05, 0) is 73.3 Å². The third-order valence-electron chi connectivity index (χ3n) is 4.00. The Bertz CT molecular complexity index is 252. The molecule has 0 N–H and O–H groups in total. The molecule has 1 fully saturated rings. The van der Waals surface area contributed by atoms with Gasteiger partial charge in [0.1, 0.15) is 0 Å². The van der Waals surface area contributed by atoms with E-state index in [4.69, 9.17) is 8.85 Å². The summed E-state index contributed by atoms with van der Waals surface area (Å²) in [5, 5.41) is 0. The lowest BCUT2D eigenvalue weighted by molar-refractivity contribution is 0.103. The van der Waals surface area contributed by atoms with Gasteiger partial charge in [-0.15, -0.1) is 0 Å². The van der Waals surface area contributed by atoms with Gasteiger partial charge >= 0.3 is 8.56 Å². The summed E-state index contributed by atoms with van der Waals surface area (Å²) in [4.78, 5) is 6.79. The van der Waals surface area contributed by atoms with Gasteiger partial charge in [-0.2, -0.15) is 0 Å². The Morgan fingerprint density at radius 1 is 0.857 bits per heavy atom. The van der Waals surface area contributed by atoms with Crippen molar-refractivity contribution in [2.24, 2.45) is 0 Å². The second-order valence-electron chi connectivity index (χ2n) is 6.72. The van der Waals surface area contributed by atoms with Crippen LogP contribution in [0.4, 0.5) is 0 Å². The Morgan fingerprint density at radius 3 is 1.67 bits per heavy atom. The monoisotopic (exact) mass is 317 g/mol. The molecule has 21 heavy (non-hydrogen) atoms. The SMILES string of the molecule is CN(C)CCC[Si]1(CCCN(C)C)OCCN(C)CCO1. The highest BCUT2D eigenvalue weighted by atomic mass is 28.4. The molecule has 0 radical (unpaired) electrons. The highest BCUT2D eigenvalue weighted by Gasteiger charge is 2.37. The molecule has 1 saturated heterocycles. The van der Waals surface area contributed by atoms with Crippen molar-refractivity contribution in [2.45, 2.75) is 24.9 Å². The van der Waals surface area contributed by atoms with Gasteiger partial charge in [-0.3, -0.25) is 0 Å². The lowest BCUT2D eigenvalue weighted by atomic mass is 10.4. The minimum absolute atomic E-state index is 0.826. The van der Waals surface area contributed by atoms with Gasteiger partial charge in [0.25, 0.3) is 0 Å². The number of hydrogen-bond acceptors (Lipinski definition) is 5. The highest BCUT2D eigenvalue weighted by Crippen LogP contribution is 2.24. The summed E-state index contributed by atoms with van der Waals surface area (Å²) in [6.45, 7) is 5.95. The van der Waals surface area contributed by atoms with Gasteiger partial charge in [-0.25, -0.2) is 0 Å². The Hall–Kier alpha value is 0.0169. The standard InChI is InChI=1S/C15H35N3O2Si/c1-16(2)8-6-14-21(15-7-9-17(3)4)19-12-10-18(5)11-13-20-21/h6-15H2,1-5H3. The predicted octanol–water partition coefficient (Wildman–Crippen LogP) is 1.31. The molecule has 0 amide bonds. The first kappa shape index (κ1) is 19.1. The van der Waals surface area contributed by atoms with Crippen LogP contribution in [0.15, 0.2) is 0 Å². The largest absolute Gasteiger partial charge is 0.393 e. The van der Waals surface area contributed by atoms with Crippen LogP contribution in [0.1, 0.15) is 12.8 Å². The minimum Gasteiger partial charge on any atom is -0.393 e. The molecule has 0 aliphatic carbocycles. The Labute approximate surface area is 132 Å².